The van der Waals surface area contributed by atoms with Crippen LogP contribution >= 0.6 is 0 Å². The average molecular weight is 402 g/mol. The summed E-state index contributed by atoms with van der Waals surface area (Å²) in [6.07, 6.45) is 2.32. The molecular weight excluding hydrogens is 376 g/mol. The Morgan fingerprint density at radius 2 is 2.00 bits per heavy atom. The number of rotatable bonds is 6. The van der Waals surface area contributed by atoms with Crippen molar-refractivity contribution in [3.63, 3.8) is 0 Å². The molecule has 0 aliphatic carbocycles. The Morgan fingerprint density at radius 3 is 2.62 bits per heavy atom. The lowest BCUT2D eigenvalue weighted by Gasteiger charge is -2.38. The van der Waals surface area contributed by atoms with Gasteiger partial charge < -0.3 is 20.5 Å². The van der Waals surface area contributed by atoms with Crippen LogP contribution in [-0.4, -0.2) is 58.3 Å². The predicted molar refractivity (Wildman–Crippen MR) is 107 cm³/mol. The fraction of sp³-hybridized carbons (Fsp3) is 0.450. The van der Waals surface area contributed by atoms with Crippen molar-refractivity contribution in [3.8, 4) is 5.75 Å². The number of H-pyrrole nitrogens is 1. The van der Waals surface area contributed by atoms with Crippen molar-refractivity contribution in [2.45, 2.75) is 24.9 Å². The van der Waals surface area contributed by atoms with Crippen LogP contribution in [-0.2, 0) is 11.2 Å². The minimum Gasteiger partial charge on any atom is -0.497 e. The number of aromatic nitrogens is 2. The lowest BCUT2D eigenvalue weighted by atomic mass is 9.93. The molecule has 29 heavy (non-hydrogen) atoms. The van der Waals surface area contributed by atoms with E-state index in [1.165, 1.54) is 16.8 Å². The number of piperidine rings is 1. The largest absolute Gasteiger partial charge is 0.497 e. The van der Waals surface area contributed by atoms with E-state index in [2.05, 4.69) is 4.98 Å². The van der Waals surface area contributed by atoms with Gasteiger partial charge >= 0.3 is 5.69 Å². The molecule has 3 atom stereocenters. The van der Waals surface area contributed by atoms with Crippen LogP contribution in [0, 0.1) is 5.92 Å². The Hall–Kier alpha value is -2.91. The molecule has 1 saturated heterocycles. The van der Waals surface area contributed by atoms with Crippen LogP contribution < -0.4 is 21.7 Å². The maximum Gasteiger partial charge on any atom is 0.328 e. The zero-order chi connectivity index (χ0) is 21.0. The number of likely N-dealkylation sites (tertiary alicyclic amines) is 1. The van der Waals surface area contributed by atoms with E-state index in [0.29, 0.717) is 19.4 Å². The number of carbonyl (C=O) groups is 1. The van der Waals surface area contributed by atoms with Crippen LogP contribution in [0.25, 0.3) is 0 Å². The number of nitrogens with one attached hydrogen (secondary N) is 1. The number of nitrogens with two attached hydrogens (primary N) is 1. The van der Waals surface area contributed by atoms with Crippen LogP contribution in [0.3, 0.4) is 0 Å². The number of aliphatic hydroxyl groups excluding tert-OH is 1. The highest BCUT2D eigenvalue weighted by atomic mass is 16.5. The van der Waals surface area contributed by atoms with Gasteiger partial charge in [0.25, 0.3) is 5.56 Å². The number of hydrogen-bond acceptors (Lipinski definition) is 6. The molecule has 2 heterocycles. The van der Waals surface area contributed by atoms with Crippen molar-refractivity contribution in [1.82, 2.24) is 14.5 Å². The van der Waals surface area contributed by atoms with Crippen LogP contribution in [0.5, 0.6) is 5.75 Å². The van der Waals surface area contributed by atoms with Crippen LogP contribution in [0.15, 0.2) is 46.1 Å². The molecule has 156 valence electrons. The number of carbonyl (C=O) groups excluding carboxylic acids is 1. The molecule has 1 aromatic heterocycles. The van der Waals surface area contributed by atoms with Crippen molar-refractivity contribution in [3.05, 3.63) is 62.9 Å². The summed E-state index contributed by atoms with van der Waals surface area (Å²) in [7, 11) is 1.59. The Kier molecular flexibility index (Phi) is 6.50. The molecule has 9 heteroatoms. The molecule has 1 fully saturated rings. The Balaban J connectivity index is 1.73. The SMILES string of the molecule is COc1ccc(C[C@H](N)C(=O)N2C[C@H](CO)C[C@H](n3ccc(=O)[nH]c3=O)C2)cc1. The number of aliphatic hydroxyl groups is 1. The van der Waals surface area contributed by atoms with Crippen molar-refractivity contribution in [2.75, 3.05) is 26.8 Å². The van der Waals surface area contributed by atoms with E-state index in [9.17, 15) is 19.5 Å². The first-order valence-electron chi connectivity index (χ1n) is 9.51. The number of aromatic amines is 1. The fourth-order valence-electron chi connectivity index (χ4n) is 3.74. The second-order valence-corrected chi connectivity index (χ2v) is 7.36. The van der Waals surface area contributed by atoms with Crippen molar-refractivity contribution >= 4 is 5.91 Å². The quantitative estimate of drug-likeness (QED) is 0.597. The van der Waals surface area contributed by atoms with E-state index in [-0.39, 0.29) is 31.0 Å². The summed E-state index contributed by atoms with van der Waals surface area (Å²) in [4.78, 5) is 40.2. The molecule has 4 N–H and O–H groups in total. The average Bonchev–Trinajstić information content (AvgIpc) is 2.73. The van der Waals surface area contributed by atoms with E-state index in [4.69, 9.17) is 10.5 Å². The van der Waals surface area contributed by atoms with Gasteiger partial charge in [-0.3, -0.25) is 19.1 Å². The first-order valence-corrected chi connectivity index (χ1v) is 9.51. The van der Waals surface area contributed by atoms with Crippen LogP contribution in [0.2, 0.25) is 0 Å². The summed E-state index contributed by atoms with van der Waals surface area (Å²) in [5.74, 6) is 0.316. The summed E-state index contributed by atoms with van der Waals surface area (Å²) >= 11 is 0. The summed E-state index contributed by atoms with van der Waals surface area (Å²) < 4.78 is 6.53. The van der Waals surface area contributed by atoms with Gasteiger partial charge in [-0.2, -0.15) is 0 Å². The number of methoxy groups -OCH3 is 1. The number of hydrogen-bond donors (Lipinski definition) is 3. The number of benzene rings is 1. The minimum absolute atomic E-state index is 0.105. The molecule has 0 radical (unpaired) electrons. The Labute approximate surface area is 167 Å². The van der Waals surface area contributed by atoms with Crippen LogP contribution in [0.4, 0.5) is 0 Å². The molecule has 1 aromatic carbocycles. The second kappa shape index (κ2) is 9.06. The van der Waals surface area contributed by atoms with Gasteiger partial charge in [0, 0.05) is 37.9 Å². The molecule has 0 bridgehead atoms. The summed E-state index contributed by atoms with van der Waals surface area (Å²) in [6.45, 7) is 0.559. The molecule has 0 spiro atoms. The lowest BCUT2D eigenvalue weighted by molar-refractivity contribution is -0.135. The maximum atomic E-state index is 13.0. The number of ether oxygens (including phenoxy) is 1. The van der Waals surface area contributed by atoms with Gasteiger partial charge in [-0.05, 0) is 30.5 Å². The van der Waals surface area contributed by atoms with Gasteiger partial charge in [-0.25, -0.2) is 4.79 Å². The number of nitrogens with zero attached hydrogens (tertiary/aromatic N) is 2. The molecule has 2 aromatic rings. The third kappa shape index (κ3) is 4.93. The number of amides is 1. The first-order chi connectivity index (χ1) is 13.9. The zero-order valence-corrected chi connectivity index (χ0v) is 16.3. The van der Waals surface area contributed by atoms with E-state index < -0.39 is 17.3 Å². The highest BCUT2D eigenvalue weighted by molar-refractivity contribution is 5.82. The molecule has 1 aliphatic rings. The van der Waals surface area contributed by atoms with E-state index in [1.54, 1.807) is 12.0 Å². The van der Waals surface area contributed by atoms with Crippen molar-refractivity contribution in [1.29, 1.82) is 0 Å². The van der Waals surface area contributed by atoms with Gasteiger partial charge in [0.05, 0.1) is 19.2 Å². The van der Waals surface area contributed by atoms with E-state index in [1.807, 2.05) is 24.3 Å². The van der Waals surface area contributed by atoms with Crippen molar-refractivity contribution in [2.24, 2.45) is 11.7 Å². The lowest BCUT2D eigenvalue weighted by Crippen LogP contribution is -2.52. The Bertz CT molecular complexity index is 952. The molecule has 0 saturated carbocycles. The van der Waals surface area contributed by atoms with Crippen LogP contribution in [0.1, 0.15) is 18.0 Å². The van der Waals surface area contributed by atoms with E-state index >= 15 is 0 Å². The van der Waals surface area contributed by atoms with Crippen molar-refractivity contribution < 1.29 is 14.6 Å². The predicted octanol–water partition coefficient (Wildman–Crippen LogP) is -0.503. The Morgan fingerprint density at radius 1 is 1.28 bits per heavy atom. The monoisotopic (exact) mass is 402 g/mol. The van der Waals surface area contributed by atoms with Gasteiger partial charge in [-0.15, -0.1) is 0 Å². The minimum atomic E-state index is -0.742. The molecule has 3 rings (SSSR count). The maximum absolute atomic E-state index is 13.0. The summed E-state index contributed by atoms with van der Waals surface area (Å²) in [6, 6.07) is 7.53. The molecule has 1 amide bonds. The van der Waals surface area contributed by atoms with Gasteiger partial charge in [-0.1, -0.05) is 12.1 Å². The normalized spacial score (nSPS) is 20.3. The molecule has 9 nitrogen and oxygen atoms in total. The third-order valence-corrected chi connectivity index (χ3v) is 5.26. The smallest absolute Gasteiger partial charge is 0.328 e. The van der Waals surface area contributed by atoms with E-state index in [0.717, 1.165) is 11.3 Å². The van der Waals surface area contributed by atoms with Gasteiger partial charge in [0.15, 0.2) is 0 Å². The highest BCUT2D eigenvalue weighted by Crippen LogP contribution is 2.25. The molecule has 1 aliphatic heterocycles. The first kappa shape index (κ1) is 20.8. The zero-order valence-electron chi connectivity index (χ0n) is 16.3. The fourth-order valence-corrected chi connectivity index (χ4v) is 3.74. The second-order valence-electron chi connectivity index (χ2n) is 7.36. The standard InChI is InChI=1S/C20H26N4O5/c1-29-16-4-2-13(3-5-16)9-17(21)19(27)23-10-14(12-25)8-15(11-23)24-7-6-18(26)22-20(24)28/h2-7,14-15,17,25H,8-12,21H2,1H3,(H,22,26,28)/t14-,15+,17+/m1/s1. The molecule has 0 unspecified atom stereocenters. The topological polar surface area (TPSA) is 131 Å². The summed E-state index contributed by atoms with van der Waals surface area (Å²) in [5, 5.41) is 9.67. The molecular formula is C20H26N4O5. The highest BCUT2D eigenvalue weighted by Gasteiger charge is 2.33. The van der Waals surface area contributed by atoms with Gasteiger partial charge in [0.1, 0.15) is 5.75 Å². The third-order valence-electron chi connectivity index (χ3n) is 5.26. The summed E-state index contributed by atoms with van der Waals surface area (Å²) in [5.41, 5.74) is 6.08. The van der Waals surface area contributed by atoms with Gasteiger partial charge in [0.2, 0.25) is 5.91 Å².